The van der Waals surface area contributed by atoms with E-state index in [4.69, 9.17) is 0 Å². The van der Waals surface area contributed by atoms with Gasteiger partial charge in [0.25, 0.3) is 0 Å². The van der Waals surface area contributed by atoms with E-state index in [-0.39, 0.29) is 5.91 Å². The standard InChI is InChI=1S/C6H13NO/c1-4-7(5-2)6(3)8/h4-5H2,1-3H3/p+1. The van der Waals surface area contributed by atoms with Crippen molar-refractivity contribution in [1.29, 1.82) is 0 Å². The molecule has 8 heavy (non-hydrogen) atoms. The third-order valence-electron chi connectivity index (χ3n) is 1.35. The first kappa shape index (κ1) is 7.63. The van der Waals surface area contributed by atoms with E-state index in [1.165, 1.54) is 0 Å². The fourth-order valence-electron chi connectivity index (χ4n) is 0.748. The number of hydrogen-bond donors (Lipinski definition) is 1. The van der Waals surface area contributed by atoms with Gasteiger partial charge in [-0.05, 0) is 13.8 Å². The van der Waals surface area contributed by atoms with Gasteiger partial charge in [0.15, 0.2) is 0 Å². The zero-order chi connectivity index (χ0) is 6.57. The lowest BCUT2D eigenvalue weighted by molar-refractivity contribution is -0.815. The van der Waals surface area contributed by atoms with Gasteiger partial charge in [-0.25, -0.2) is 4.79 Å². The van der Waals surface area contributed by atoms with Crippen LogP contribution in [0.3, 0.4) is 0 Å². The Labute approximate surface area is 50.5 Å². The van der Waals surface area contributed by atoms with E-state index < -0.39 is 0 Å². The molecule has 0 aromatic heterocycles. The summed E-state index contributed by atoms with van der Waals surface area (Å²) in [5.41, 5.74) is 0. The molecule has 2 heteroatoms. The Morgan fingerprint density at radius 2 is 1.75 bits per heavy atom. The van der Waals surface area contributed by atoms with E-state index in [0.717, 1.165) is 18.0 Å². The van der Waals surface area contributed by atoms with E-state index >= 15 is 0 Å². The molecule has 0 aliphatic rings. The molecular formula is C6H14NO+. The quantitative estimate of drug-likeness (QED) is 0.514. The number of rotatable bonds is 2. The lowest BCUT2D eigenvalue weighted by Gasteiger charge is -2.08. The van der Waals surface area contributed by atoms with Crippen molar-refractivity contribution >= 4 is 5.91 Å². The molecule has 0 atom stereocenters. The first-order valence-electron chi connectivity index (χ1n) is 3.08. The summed E-state index contributed by atoms with van der Waals surface area (Å²) in [6.07, 6.45) is 0. The van der Waals surface area contributed by atoms with Gasteiger partial charge in [0.2, 0.25) is 0 Å². The highest BCUT2D eigenvalue weighted by atomic mass is 16.2. The molecular weight excluding hydrogens is 102 g/mol. The second-order valence-electron chi connectivity index (χ2n) is 1.87. The SMILES string of the molecule is CC[NH+](CC)C(C)=O. The van der Waals surface area contributed by atoms with Gasteiger partial charge >= 0.3 is 5.91 Å². The summed E-state index contributed by atoms with van der Waals surface area (Å²) in [7, 11) is 0. The lowest BCUT2D eigenvalue weighted by Crippen LogP contribution is -3.13. The summed E-state index contributed by atoms with van der Waals surface area (Å²) in [6.45, 7) is 7.47. The van der Waals surface area contributed by atoms with Gasteiger partial charge < -0.3 is 0 Å². The van der Waals surface area contributed by atoms with Crippen LogP contribution in [0.2, 0.25) is 0 Å². The van der Waals surface area contributed by atoms with Crippen LogP contribution in [0.4, 0.5) is 0 Å². The summed E-state index contributed by atoms with van der Waals surface area (Å²) >= 11 is 0. The fourth-order valence-corrected chi connectivity index (χ4v) is 0.748. The van der Waals surface area contributed by atoms with E-state index in [1.54, 1.807) is 6.92 Å². The monoisotopic (exact) mass is 116 g/mol. The van der Waals surface area contributed by atoms with Crippen molar-refractivity contribution in [3.8, 4) is 0 Å². The van der Waals surface area contributed by atoms with Crippen molar-refractivity contribution in [3.05, 3.63) is 0 Å². The van der Waals surface area contributed by atoms with Crippen LogP contribution in [0, 0.1) is 0 Å². The predicted octanol–water partition coefficient (Wildman–Crippen LogP) is -0.542. The maximum absolute atomic E-state index is 10.6. The summed E-state index contributed by atoms with van der Waals surface area (Å²) in [5, 5.41) is 0. The molecule has 0 rings (SSSR count). The number of nitrogens with one attached hydrogen (secondary N) is 1. The van der Waals surface area contributed by atoms with Crippen LogP contribution in [0.15, 0.2) is 0 Å². The molecule has 0 heterocycles. The molecule has 0 aromatic rings. The highest BCUT2D eigenvalue weighted by molar-refractivity contribution is 5.62. The summed E-state index contributed by atoms with van der Waals surface area (Å²) in [5.74, 6) is 0.245. The van der Waals surface area contributed by atoms with Gasteiger partial charge in [0.05, 0.1) is 20.0 Å². The molecule has 0 bridgehead atoms. The Hall–Kier alpha value is -0.370. The molecule has 0 saturated carbocycles. The number of amides is 1. The second-order valence-corrected chi connectivity index (χ2v) is 1.87. The zero-order valence-electron chi connectivity index (χ0n) is 5.82. The van der Waals surface area contributed by atoms with Crippen molar-refractivity contribution in [2.45, 2.75) is 20.8 Å². The van der Waals surface area contributed by atoms with Crippen molar-refractivity contribution in [2.75, 3.05) is 13.1 Å². The minimum Gasteiger partial charge on any atom is -0.273 e. The molecule has 0 radical (unpaired) electrons. The van der Waals surface area contributed by atoms with E-state index in [2.05, 4.69) is 0 Å². The maximum Gasteiger partial charge on any atom is 0.308 e. The Bertz CT molecular complexity index is 76.6. The van der Waals surface area contributed by atoms with Crippen molar-refractivity contribution in [3.63, 3.8) is 0 Å². The normalized spacial score (nSPS) is 10.0. The Balaban J connectivity index is 3.52. The molecule has 0 aliphatic heterocycles. The van der Waals surface area contributed by atoms with Crippen LogP contribution in [0.1, 0.15) is 20.8 Å². The minimum absolute atomic E-state index is 0.245. The lowest BCUT2D eigenvalue weighted by atomic mass is 10.5. The number of quaternary nitrogens is 1. The third kappa shape index (κ3) is 2.07. The number of carbonyl (C=O) groups excluding carboxylic acids is 1. The Morgan fingerprint density at radius 3 is 1.75 bits per heavy atom. The fraction of sp³-hybridized carbons (Fsp3) is 0.833. The summed E-state index contributed by atoms with van der Waals surface area (Å²) in [4.78, 5) is 11.6. The molecule has 48 valence electrons. The summed E-state index contributed by atoms with van der Waals surface area (Å²) in [6, 6.07) is 0. The van der Waals surface area contributed by atoms with Gasteiger partial charge in [-0.15, -0.1) is 0 Å². The van der Waals surface area contributed by atoms with Crippen LogP contribution in [-0.2, 0) is 4.79 Å². The summed E-state index contributed by atoms with van der Waals surface area (Å²) < 4.78 is 0. The molecule has 0 aliphatic carbocycles. The molecule has 1 amide bonds. The Morgan fingerprint density at radius 1 is 1.38 bits per heavy atom. The number of carbonyl (C=O) groups is 1. The van der Waals surface area contributed by atoms with E-state index in [1.807, 2.05) is 13.8 Å². The van der Waals surface area contributed by atoms with Crippen LogP contribution < -0.4 is 4.90 Å². The largest absolute Gasteiger partial charge is 0.308 e. The van der Waals surface area contributed by atoms with Crippen LogP contribution in [0.5, 0.6) is 0 Å². The average Bonchev–Trinajstić information content (AvgIpc) is 1.69. The first-order chi connectivity index (χ1) is 3.72. The average molecular weight is 116 g/mol. The van der Waals surface area contributed by atoms with Crippen LogP contribution >= 0.6 is 0 Å². The number of hydrogen-bond acceptors (Lipinski definition) is 1. The van der Waals surface area contributed by atoms with Gasteiger partial charge in [-0.2, -0.15) is 0 Å². The molecule has 0 spiro atoms. The van der Waals surface area contributed by atoms with Crippen molar-refractivity contribution in [1.82, 2.24) is 0 Å². The highest BCUT2D eigenvalue weighted by Crippen LogP contribution is 1.50. The van der Waals surface area contributed by atoms with Crippen molar-refractivity contribution in [2.24, 2.45) is 0 Å². The molecule has 1 N–H and O–H groups in total. The van der Waals surface area contributed by atoms with Crippen LogP contribution in [-0.4, -0.2) is 19.0 Å². The molecule has 0 unspecified atom stereocenters. The van der Waals surface area contributed by atoms with Gasteiger partial charge in [-0.1, -0.05) is 0 Å². The molecule has 2 nitrogen and oxygen atoms in total. The molecule has 0 fully saturated rings. The van der Waals surface area contributed by atoms with Gasteiger partial charge in [-0.3, -0.25) is 4.90 Å². The first-order valence-corrected chi connectivity index (χ1v) is 3.08. The second kappa shape index (κ2) is 3.61. The smallest absolute Gasteiger partial charge is 0.273 e. The molecule has 0 aromatic carbocycles. The van der Waals surface area contributed by atoms with Gasteiger partial charge in [0.1, 0.15) is 0 Å². The zero-order valence-corrected chi connectivity index (χ0v) is 5.82. The van der Waals surface area contributed by atoms with E-state index in [9.17, 15) is 4.79 Å². The Kier molecular flexibility index (Phi) is 3.44. The van der Waals surface area contributed by atoms with Gasteiger partial charge in [0, 0.05) is 0 Å². The minimum atomic E-state index is 0.245. The van der Waals surface area contributed by atoms with Crippen LogP contribution in [0.25, 0.3) is 0 Å². The third-order valence-corrected chi connectivity index (χ3v) is 1.35. The molecule has 0 saturated heterocycles. The predicted molar refractivity (Wildman–Crippen MR) is 32.7 cm³/mol. The van der Waals surface area contributed by atoms with E-state index in [0.29, 0.717) is 0 Å². The maximum atomic E-state index is 10.6. The topological polar surface area (TPSA) is 21.5 Å². The highest BCUT2D eigenvalue weighted by Gasteiger charge is 2.05. The van der Waals surface area contributed by atoms with Crippen molar-refractivity contribution < 1.29 is 9.69 Å².